The van der Waals surface area contributed by atoms with Gasteiger partial charge in [-0.15, -0.1) is 10.2 Å². The Bertz CT molecular complexity index is 2700. The van der Waals surface area contributed by atoms with Crippen LogP contribution in [0.3, 0.4) is 0 Å². The normalized spacial score (nSPS) is 16.2. The van der Waals surface area contributed by atoms with Gasteiger partial charge in [-0.2, -0.15) is 15.0 Å². The van der Waals surface area contributed by atoms with E-state index >= 15 is 0 Å². The number of rotatable bonds is 13. The first kappa shape index (κ1) is 35.9. The first-order valence-electron chi connectivity index (χ1n) is 20.3. The maximum absolute atomic E-state index is 6.64. The van der Waals surface area contributed by atoms with E-state index in [-0.39, 0.29) is 11.8 Å². The Morgan fingerprint density at radius 2 is 1.34 bits per heavy atom. The Hall–Kier alpha value is -6.50. The molecule has 290 valence electrons. The Labute approximate surface area is 336 Å². The second-order valence-electron chi connectivity index (χ2n) is 15.7. The molecule has 3 unspecified atom stereocenters. The Balaban J connectivity index is 0.965. The molecule has 0 spiro atoms. The lowest BCUT2D eigenvalue weighted by molar-refractivity contribution is 0.508. The number of nitrogens with two attached hydrogens (primary N) is 2. The van der Waals surface area contributed by atoms with Gasteiger partial charge in [0.1, 0.15) is 22.7 Å². The summed E-state index contributed by atoms with van der Waals surface area (Å²) >= 11 is 0. The number of anilines is 2. The first-order chi connectivity index (χ1) is 28.6. The minimum Gasteiger partial charge on any atom is -0.384 e. The second-order valence-corrected chi connectivity index (χ2v) is 15.7. The first-order valence-corrected chi connectivity index (χ1v) is 20.3. The van der Waals surface area contributed by atoms with Gasteiger partial charge in [0, 0.05) is 23.9 Å². The summed E-state index contributed by atoms with van der Waals surface area (Å²) in [6.45, 7) is 1.63. The van der Waals surface area contributed by atoms with Crippen molar-refractivity contribution in [3.8, 4) is 5.69 Å². The summed E-state index contributed by atoms with van der Waals surface area (Å²) < 4.78 is 1.81. The van der Waals surface area contributed by atoms with Gasteiger partial charge in [-0.3, -0.25) is 0 Å². The standard InChI is InChI=1S/C46H46N12/c47-41-26-38(43-45(51-41)55-56-53-43)36(19-21-49-33-23-30-12-4-5-13-31(30)24-33)32-14-8-15-34(25-32)58-46-44(54-57-58)39(27-42(48)52-46)35(28-9-2-1-3-10-28)20-22-50-40-18-17-29-11-6-7-16-37(29)40/h1-16,25-27,33,35-36,40,49-50H,17-24H2,(H2,48,52)(H3,47,51,53,55,56). The van der Waals surface area contributed by atoms with Crippen molar-refractivity contribution in [1.82, 2.24) is 51.0 Å². The average molecular weight is 767 g/mol. The molecule has 10 rings (SSSR count). The van der Waals surface area contributed by atoms with Crippen molar-refractivity contribution in [2.24, 2.45) is 0 Å². The second kappa shape index (κ2) is 15.4. The zero-order valence-corrected chi connectivity index (χ0v) is 32.2. The van der Waals surface area contributed by atoms with E-state index in [4.69, 9.17) is 26.8 Å². The summed E-state index contributed by atoms with van der Waals surface area (Å²) in [7, 11) is 0. The molecule has 12 heteroatoms. The fourth-order valence-corrected chi connectivity index (χ4v) is 9.40. The maximum Gasteiger partial charge on any atom is 0.203 e. The van der Waals surface area contributed by atoms with Crippen molar-refractivity contribution in [2.45, 2.75) is 62.4 Å². The van der Waals surface area contributed by atoms with Crippen molar-refractivity contribution < 1.29 is 0 Å². The molecule has 12 nitrogen and oxygen atoms in total. The molecule has 0 saturated heterocycles. The van der Waals surface area contributed by atoms with E-state index in [2.05, 4.69) is 128 Å². The van der Waals surface area contributed by atoms with Crippen molar-refractivity contribution in [2.75, 3.05) is 24.6 Å². The number of aromatic nitrogens is 8. The fraction of sp³-hybridized carbons (Fsp3) is 0.261. The monoisotopic (exact) mass is 766 g/mol. The zero-order valence-electron chi connectivity index (χ0n) is 32.2. The van der Waals surface area contributed by atoms with E-state index in [1.54, 1.807) is 0 Å². The zero-order chi connectivity index (χ0) is 39.0. The van der Waals surface area contributed by atoms with E-state index in [0.29, 0.717) is 40.5 Å². The molecule has 2 aliphatic rings. The molecule has 3 atom stereocenters. The number of hydrogen-bond acceptors (Lipinski definition) is 10. The van der Waals surface area contributed by atoms with Gasteiger partial charge >= 0.3 is 0 Å². The summed E-state index contributed by atoms with van der Waals surface area (Å²) in [5, 5.41) is 28.8. The average Bonchev–Trinajstić information content (AvgIpc) is 4.07. The smallest absolute Gasteiger partial charge is 0.203 e. The van der Waals surface area contributed by atoms with Crippen LogP contribution in [0.2, 0.25) is 0 Å². The largest absolute Gasteiger partial charge is 0.384 e. The van der Waals surface area contributed by atoms with Crippen molar-refractivity contribution >= 4 is 34.0 Å². The molecule has 0 aliphatic heterocycles. The molecule has 0 bridgehead atoms. The third-order valence-electron chi connectivity index (χ3n) is 12.1. The predicted octanol–water partition coefficient (Wildman–Crippen LogP) is 6.72. The van der Waals surface area contributed by atoms with Gasteiger partial charge in [0.25, 0.3) is 0 Å². The molecule has 7 N–H and O–H groups in total. The number of fused-ring (bicyclic) bond motifs is 4. The van der Waals surface area contributed by atoms with E-state index in [0.717, 1.165) is 79.5 Å². The van der Waals surface area contributed by atoms with Gasteiger partial charge in [0.15, 0.2) is 5.65 Å². The number of pyridine rings is 2. The molecule has 0 amide bonds. The van der Waals surface area contributed by atoms with E-state index < -0.39 is 0 Å². The summed E-state index contributed by atoms with van der Waals surface area (Å²) in [6.07, 6.45) is 5.93. The molecule has 8 aromatic rings. The third-order valence-corrected chi connectivity index (χ3v) is 12.1. The van der Waals surface area contributed by atoms with Gasteiger partial charge < -0.3 is 22.1 Å². The lowest BCUT2D eigenvalue weighted by atomic mass is 9.87. The number of hydrogen-bond donors (Lipinski definition) is 5. The van der Waals surface area contributed by atoms with Crippen LogP contribution in [0, 0.1) is 0 Å². The molecular weight excluding hydrogens is 721 g/mol. The molecule has 0 saturated carbocycles. The summed E-state index contributed by atoms with van der Waals surface area (Å²) in [6, 6.07) is 41.2. The molecule has 0 fully saturated rings. The van der Waals surface area contributed by atoms with Gasteiger partial charge in [-0.1, -0.05) is 96.2 Å². The van der Waals surface area contributed by atoms with Crippen LogP contribution in [0.15, 0.2) is 115 Å². The molecule has 2 aliphatic carbocycles. The third kappa shape index (κ3) is 6.94. The summed E-state index contributed by atoms with van der Waals surface area (Å²) in [5.74, 6) is 0.794. The number of nitrogens with one attached hydrogen (secondary N) is 3. The number of aryl methyl sites for hydroxylation is 1. The number of H-pyrrole nitrogens is 1. The van der Waals surface area contributed by atoms with Crippen molar-refractivity contribution in [3.63, 3.8) is 0 Å². The Kier molecular flexibility index (Phi) is 9.56. The number of aromatic amines is 1. The Morgan fingerprint density at radius 1 is 0.672 bits per heavy atom. The predicted molar refractivity (Wildman–Crippen MR) is 228 cm³/mol. The minimum atomic E-state index is -0.0701. The van der Waals surface area contributed by atoms with Crippen LogP contribution in [0.25, 0.3) is 28.0 Å². The Morgan fingerprint density at radius 3 is 2.16 bits per heavy atom. The van der Waals surface area contributed by atoms with Crippen LogP contribution < -0.4 is 22.1 Å². The van der Waals surface area contributed by atoms with Gasteiger partial charge in [-0.25, -0.2) is 9.97 Å². The molecule has 4 heterocycles. The highest BCUT2D eigenvalue weighted by Gasteiger charge is 2.27. The van der Waals surface area contributed by atoms with Crippen molar-refractivity contribution in [1.29, 1.82) is 0 Å². The molecular formula is C46H46N12. The highest BCUT2D eigenvalue weighted by atomic mass is 15.4. The van der Waals surface area contributed by atoms with Crippen LogP contribution in [0.1, 0.15) is 81.6 Å². The van der Waals surface area contributed by atoms with Crippen LogP contribution in [0.5, 0.6) is 0 Å². The number of benzene rings is 4. The fourth-order valence-electron chi connectivity index (χ4n) is 9.40. The lowest BCUT2D eigenvalue weighted by Crippen LogP contribution is -2.31. The highest BCUT2D eigenvalue weighted by molar-refractivity contribution is 5.80. The van der Waals surface area contributed by atoms with E-state index in [1.807, 2.05) is 22.9 Å². The highest BCUT2D eigenvalue weighted by Crippen LogP contribution is 2.37. The quantitative estimate of drug-likeness (QED) is 0.0847. The topological polar surface area (TPSA) is 174 Å². The molecule has 4 aromatic heterocycles. The maximum atomic E-state index is 6.64. The number of nitrogens with zero attached hydrogens (tertiary/aromatic N) is 7. The van der Waals surface area contributed by atoms with E-state index in [1.165, 1.54) is 27.8 Å². The van der Waals surface area contributed by atoms with Gasteiger partial charge in [-0.05, 0) is 120 Å². The molecule has 0 radical (unpaired) electrons. The SMILES string of the molecule is Nc1cc(C(CCNC2Cc3ccccc3C2)c2cccc(-n3nnc4c(C(CCNC5CCc6ccccc65)c5ccccc5)cc(N)nc43)c2)c2n[nH]nc2n1. The van der Waals surface area contributed by atoms with Gasteiger partial charge in [0.05, 0.1) is 5.69 Å². The van der Waals surface area contributed by atoms with Crippen LogP contribution >= 0.6 is 0 Å². The molecule has 4 aromatic carbocycles. The summed E-state index contributed by atoms with van der Waals surface area (Å²) in [5.41, 5.74) is 26.4. The summed E-state index contributed by atoms with van der Waals surface area (Å²) in [4.78, 5) is 9.29. The molecule has 58 heavy (non-hydrogen) atoms. The van der Waals surface area contributed by atoms with Gasteiger partial charge in [0.2, 0.25) is 5.65 Å². The van der Waals surface area contributed by atoms with Crippen LogP contribution in [-0.2, 0) is 19.3 Å². The van der Waals surface area contributed by atoms with E-state index in [9.17, 15) is 0 Å². The van der Waals surface area contributed by atoms with Crippen LogP contribution in [0.4, 0.5) is 11.6 Å². The van der Waals surface area contributed by atoms with Crippen molar-refractivity contribution in [3.05, 3.63) is 160 Å². The minimum absolute atomic E-state index is 0.0289. The van der Waals surface area contributed by atoms with Crippen LogP contribution in [-0.4, -0.2) is 59.5 Å². The lowest BCUT2D eigenvalue weighted by Gasteiger charge is -2.21. The number of nitrogen functional groups attached to an aromatic ring is 2.